The van der Waals surface area contributed by atoms with E-state index >= 15 is 0 Å². The Hall–Kier alpha value is -1.69. The molecular formula is C11H14N4OS. The maximum atomic E-state index is 11.6. The van der Waals surface area contributed by atoms with Crippen molar-refractivity contribution in [3.8, 4) is 0 Å². The van der Waals surface area contributed by atoms with Crippen molar-refractivity contribution in [1.29, 1.82) is 0 Å². The van der Waals surface area contributed by atoms with Crippen LogP contribution < -0.4 is 16.4 Å². The average molecular weight is 250 g/mol. The van der Waals surface area contributed by atoms with E-state index in [-0.39, 0.29) is 16.9 Å². The summed E-state index contributed by atoms with van der Waals surface area (Å²) in [6.07, 6.45) is 1.78. The number of nitrogens with one attached hydrogen (secondary N) is 2. The quantitative estimate of drug-likeness (QED) is 0.677. The smallest absolute Gasteiger partial charge is 0.242 e. The van der Waals surface area contributed by atoms with Gasteiger partial charge in [0.15, 0.2) is 0 Å². The zero-order chi connectivity index (χ0) is 12.3. The second-order valence-corrected chi connectivity index (χ2v) is 4.34. The summed E-state index contributed by atoms with van der Waals surface area (Å²) in [5.74, 6) is 0.635. The predicted molar refractivity (Wildman–Crippen MR) is 69.8 cm³/mol. The second-order valence-electron chi connectivity index (χ2n) is 3.90. The molecule has 1 atom stereocenters. The van der Waals surface area contributed by atoms with Crippen LogP contribution in [0.15, 0.2) is 18.2 Å². The predicted octanol–water partition coefficient (Wildman–Crippen LogP) is 0.406. The molecule has 17 heavy (non-hydrogen) atoms. The minimum atomic E-state index is -0.224. The van der Waals surface area contributed by atoms with E-state index < -0.39 is 0 Å². The summed E-state index contributed by atoms with van der Waals surface area (Å²) < 4.78 is 0. The molecule has 1 amide bonds. The van der Waals surface area contributed by atoms with Crippen molar-refractivity contribution < 1.29 is 4.79 Å². The first-order chi connectivity index (χ1) is 8.16. The average Bonchev–Trinajstić information content (AvgIpc) is 2.32. The number of piperidine rings is 1. The molecule has 1 aliphatic heterocycles. The number of pyridine rings is 1. The summed E-state index contributed by atoms with van der Waals surface area (Å²) in [4.78, 5) is 16.1. The fraction of sp³-hybridized carbons (Fsp3) is 0.364. The van der Waals surface area contributed by atoms with Gasteiger partial charge in [-0.1, -0.05) is 18.3 Å². The number of hydrogen-bond acceptors (Lipinski definition) is 4. The number of amides is 1. The normalized spacial score (nSPS) is 19.5. The lowest BCUT2D eigenvalue weighted by Crippen LogP contribution is -2.44. The lowest BCUT2D eigenvalue weighted by Gasteiger charge is -2.23. The number of anilines is 1. The number of nitrogens with zero attached hydrogens (tertiary/aromatic N) is 1. The van der Waals surface area contributed by atoms with Gasteiger partial charge in [-0.25, -0.2) is 4.98 Å². The van der Waals surface area contributed by atoms with Crippen molar-refractivity contribution in [3.05, 3.63) is 23.9 Å². The molecule has 0 aliphatic carbocycles. The molecule has 2 rings (SSSR count). The highest BCUT2D eigenvalue weighted by molar-refractivity contribution is 7.80. The Morgan fingerprint density at radius 1 is 1.59 bits per heavy atom. The summed E-state index contributed by atoms with van der Waals surface area (Å²) >= 11 is 4.86. The van der Waals surface area contributed by atoms with Crippen LogP contribution in [0.5, 0.6) is 0 Å². The van der Waals surface area contributed by atoms with Crippen LogP contribution in [0.2, 0.25) is 0 Å². The van der Waals surface area contributed by atoms with E-state index in [9.17, 15) is 4.79 Å². The fourth-order valence-corrected chi connectivity index (χ4v) is 1.85. The molecule has 2 heterocycles. The van der Waals surface area contributed by atoms with Gasteiger partial charge in [-0.05, 0) is 25.0 Å². The van der Waals surface area contributed by atoms with E-state index in [1.54, 1.807) is 12.1 Å². The Labute approximate surface area is 105 Å². The maximum absolute atomic E-state index is 11.6. The number of rotatable bonds is 3. The van der Waals surface area contributed by atoms with Gasteiger partial charge in [-0.2, -0.15) is 0 Å². The number of hydrogen-bond donors (Lipinski definition) is 3. The van der Waals surface area contributed by atoms with Crippen molar-refractivity contribution in [3.63, 3.8) is 0 Å². The third kappa shape index (κ3) is 2.91. The van der Waals surface area contributed by atoms with Gasteiger partial charge < -0.3 is 16.4 Å². The van der Waals surface area contributed by atoms with Gasteiger partial charge in [0.1, 0.15) is 16.8 Å². The number of carbonyl (C=O) groups excluding carboxylic acids is 1. The van der Waals surface area contributed by atoms with Gasteiger partial charge in [-0.3, -0.25) is 4.79 Å². The van der Waals surface area contributed by atoms with Crippen molar-refractivity contribution in [1.82, 2.24) is 10.3 Å². The highest BCUT2D eigenvalue weighted by Crippen LogP contribution is 2.11. The van der Waals surface area contributed by atoms with Crippen LogP contribution in [0.1, 0.15) is 18.5 Å². The summed E-state index contributed by atoms with van der Waals surface area (Å²) in [6, 6.07) is 5.13. The van der Waals surface area contributed by atoms with Crippen LogP contribution in [-0.2, 0) is 4.79 Å². The molecule has 1 unspecified atom stereocenters. The Balaban J connectivity index is 2.09. The third-order valence-electron chi connectivity index (χ3n) is 2.61. The summed E-state index contributed by atoms with van der Waals surface area (Å²) in [7, 11) is 0. The molecule has 4 N–H and O–H groups in total. The Morgan fingerprint density at radius 2 is 2.41 bits per heavy atom. The van der Waals surface area contributed by atoms with E-state index in [2.05, 4.69) is 15.6 Å². The first-order valence-corrected chi connectivity index (χ1v) is 5.89. The lowest BCUT2D eigenvalue weighted by atomic mass is 10.1. The molecule has 0 saturated carbocycles. The molecule has 0 aromatic carbocycles. The second kappa shape index (κ2) is 5.09. The Kier molecular flexibility index (Phi) is 3.53. The van der Waals surface area contributed by atoms with E-state index in [1.165, 1.54) is 0 Å². The van der Waals surface area contributed by atoms with Crippen LogP contribution in [0, 0.1) is 0 Å². The van der Waals surface area contributed by atoms with Gasteiger partial charge in [-0.15, -0.1) is 0 Å². The number of nitrogens with two attached hydrogens (primary N) is 1. The zero-order valence-electron chi connectivity index (χ0n) is 9.27. The molecule has 0 spiro atoms. The molecule has 5 nitrogen and oxygen atoms in total. The molecule has 90 valence electrons. The SMILES string of the molecule is NC(=S)c1cccc(NC2CCCNC2=O)n1. The molecular weight excluding hydrogens is 236 g/mol. The van der Waals surface area contributed by atoms with Gasteiger partial charge in [0.25, 0.3) is 0 Å². The molecule has 1 aromatic heterocycles. The van der Waals surface area contributed by atoms with Gasteiger partial charge in [0, 0.05) is 6.54 Å². The molecule has 1 fully saturated rings. The van der Waals surface area contributed by atoms with Crippen LogP contribution in [0.4, 0.5) is 5.82 Å². The number of thiocarbonyl (C=S) groups is 1. The lowest BCUT2D eigenvalue weighted by molar-refractivity contribution is -0.123. The van der Waals surface area contributed by atoms with Crippen molar-refractivity contribution in [2.45, 2.75) is 18.9 Å². The van der Waals surface area contributed by atoms with Crippen LogP contribution in [-0.4, -0.2) is 28.5 Å². The Morgan fingerprint density at radius 3 is 3.12 bits per heavy atom. The molecule has 6 heteroatoms. The summed E-state index contributed by atoms with van der Waals surface area (Å²) in [5, 5.41) is 5.90. The van der Waals surface area contributed by atoms with Crippen LogP contribution >= 0.6 is 12.2 Å². The molecule has 1 aromatic rings. The third-order valence-corrected chi connectivity index (χ3v) is 2.82. The first kappa shape index (κ1) is 11.8. The van der Waals surface area contributed by atoms with Gasteiger partial charge >= 0.3 is 0 Å². The topological polar surface area (TPSA) is 80.0 Å². The van der Waals surface area contributed by atoms with Gasteiger partial charge in [0.2, 0.25) is 5.91 Å². The minimum absolute atomic E-state index is 0.0128. The van der Waals surface area contributed by atoms with Crippen molar-refractivity contribution >= 4 is 28.9 Å². The number of aromatic nitrogens is 1. The molecule has 0 radical (unpaired) electrons. The van der Waals surface area contributed by atoms with E-state index in [1.807, 2.05) is 6.07 Å². The van der Waals surface area contributed by atoms with E-state index in [4.69, 9.17) is 18.0 Å². The fourth-order valence-electron chi connectivity index (χ4n) is 1.74. The van der Waals surface area contributed by atoms with Crippen LogP contribution in [0.3, 0.4) is 0 Å². The minimum Gasteiger partial charge on any atom is -0.388 e. The molecule has 1 saturated heterocycles. The van der Waals surface area contributed by atoms with E-state index in [0.29, 0.717) is 11.5 Å². The van der Waals surface area contributed by atoms with Gasteiger partial charge in [0.05, 0.1) is 5.69 Å². The summed E-state index contributed by atoms with van der Waals surface area (Å²) in [5.41, 5.74) is 6.06. The molecule has 1 aliphatic rings. The summed E-state index contributed by atoms with van der Waals surface area (Å²) in [6.45, 7) is 0.747. The van der Waals surface area contributed by atoms with E-state index in [0.717, 1.165) is 19.4 Å². The maximum Gasteiger partial charge on any atom is 0.242 e. The highest BCUT2D eigenvalue weighted by atomic mass is 32.1. The highest BCUT2D eigenvalue weighted by Gasteiger charge is 2.21. The molecule has 0 bridgehead atoms. The number of carbonyl (C=O) groups is 1. The van der Waals surface area contributed by atoms with Crippen molar-refractivity contribution in [2.24, 2.45) is 5.73 Å². The zero-order valence-corrected chi connectivity index (χ0v) is 10.1. The largest absolute Gasteiger partial charge is 0.388 e. The van der Waals surface area contributed by atoms with Crippen LogP contribution in [0.25, 0.3) is 0 Å². The standard InChI is InChI=1S/C11H14N4OS/c12-10(17)7-3-1-5-9(14-7)15-8-4-2-6-13-11(8)16/h1,3,5,8H,2,4,6H2,(H2,12,17)(H,13,16)(H,14,15). The monoisotopic (exact) mass is 250 g/mol. The first-order valence-electron chi connectivity index (χ1n) is 5.48. The van der Waals surface area contributed by atoms with Crippen molar-refractivity contribution in [2.75, 3.05) is 11.9 Å². The Bertz CT molecular complexity index is 449.